The molecule has 1 aliphatic heterocycles. The average Bonchev–Trinajstić information content (AvgIpc) is 2.84. The number of fused-ring (bicyclic) bond motifs is 1. The molecule has 1 atom stereocenters. The molecule has 0 saturated heterocycles. The molecule has 18 heavy (non-hydrogen) atoms. The second kappa shape index (κ2) is 4.05. The second-order valence-corrected chi connectivity index (χ2v) is 5.41. The predicted octanol–water partition coefficient (Wildman–Crippen LogP) is 0.140. The first kappa shape index (κ1) is 11.6. The highest BCUT2D eigenvalue weighted by molar-refractivity contribution is 5.85. The summed E-state index contributed by atoms with van der Waals surface area (Å²) < 4.78 is 2.12. The van der Waals surface area contributed by atoms with Crippen LogP contribution in [-0.2, 0) is 17.8 Å². The van der Waals surface area contributed by atoms with E-state index in [-0.39, 0.29) is 17.4 Å². The van der Waals surface area contributed by atoms with E-state index in [9.17, 15) is 4.79 Å². The van der Waals surface area contributed by atoms with E-state index >= 15 is 0 Å². The maximum atomic E-state index is 12.1. The summed E-state index contributed by atoms with van der Waals surface area (Å²) in [6.07, 6.45) is 3.91. The molecule has 0 spiro atoms. The van der Waals surface area contributed by atoms with Crippen LogP contribution in [0.4, 0.5) is 0 Å². The van der Waals surface area contributed by atoms with Crippen LogP contribution < -0.4 is 11.1 Å². The maximum Gasteiger partial charge on any atom is 0.228 e. The van der Waals surface area contributed by atoms with Crippen LogP contribution in [0.3, 0.4) is 0 Å². The Morgan fingerprint density at radius 3 is 3.00 bits per heavy atom. The first-order valence-corrected chi connectivity index (χ1v) is 6.59. The number of nitrogens with one attached hydrogen (secondary N) is 1. The molecule has 1 amide bonds. The predicted molar refractivity (Wildman–Crippen MR) is 65.6 cm³/mol. The van der Waals surface area contributed by atoms with Crippen LogP contribution >= 0.6 is 0 Å². The fourth-order valence-electron chi connectivity index (χ4n) is 2.58. The van der Waals surface area contributed by atoms with Gasteiger partial charge in [0.2, 0.25) is 5.91 Å². The van der Waals surface area contributed by atoms with Crippen LogP contribution in [0.5, 0.6) is 0 Å². The van der Waals surface area contributed by atoms with E-state index in [2.05, 4.69) is 20.1 Å². The van der Waals surface area contributed by atoms with Crippen molar-refractivity contribution in [1.29, 1.82) is 0 Å². The molecule has 2 aliphatic rings. The van der Waals surface area contributed by atoms with Crippen LogP contribution in [0.25, 0.3) is 0 Å². The standard InChI is InChI=1S/C12H19N5O/c1-8(14-11(18)12(7-13)4-5-12)10-16-15-9-3-2-6-17(9)10/h8H,2-7,13H2,1H3,(H,14,18). The van der Waals surface area contributed by atoms with E-state index < -0.39 is 0 Å². The fraction of sp³-hybridized carbons (Fsp3) is 0.750. The number of hydrogen-bond acceptors (Lipinski definition) is 4. The van der Waals surface area contributed by atoms with Gasteiger partial charge in [0.15, 0.2) is 5.82 Å². The number of carbonyl (C=O) groups excluding carboxylic acids is 1. The van der Waals surface area contributed by atoms with Gasteiger partial charge in [-0.25, -0.2) is 0 Å². The number of nitrogens with two attached hydrogens (primary N) is 1. The summed E-state index contributed by atoms with van der Waals surface area (Å²) in [5.74, 6) is 1.96. The van der Waals surface area contributed by atoms with E-state index in [4.69, 9.17) is 5.73 Å². The number of nitrogens with zero attached hydrogens (tertiary/aromatic N) is 3. The molecular formula is C12H19N5O. The third kappa shape index (κ3) is 1.71. The molecule has 1 saturated carbocycles. The molecule has 0 radical (unpaired) electrons. The monoisotopic (exact) mass is 249 g/mol. The lowest BCUT2D eigenvalue weighted by atomic mass is 10.1. The molecule has 3 rings (SSSR count). The third-order valence-corrected chi connectivity index (χ3v) is 4.10. The zero-order valence-corrected chi connectivity index (χ0v) is 10.6. The van der Waals surface area contributed by atoms with Crippen molar-refractivity contribution in [1.82, 2.24) is 20.1 Å². The number of rotatable bonds is 4. The van der Waals surface area contributed by atoms with Gasteiger partial charge in [-0.1, -0.05) is 0 Å². The highest BCUT2D eigenvalue weighted by atomic mass is 16.2. The number of aryl methyl sites for hydroxylation is 1. The molecule has 3 N–H and O–H groups in total. The minimum atomic E-state index is -0.303. The largest absolute Gasteiger partial charge is 0.346 e. The Hall–Kier alpha value is -1.43. The zero-order chi connectivity index (χ0) is 12.8. The Labute approximate surface area is 106 Å². The van der Waals surface area contributed by atoms with E-state index in [0.29, 0.717) is 6.54 Å². The summed E-state index contributed by atoms with van der Waals surface area (Å²) in [7, 11) is 0. The van der Waals surface area contributed by atoms with Gasteiger partial charge in [-0.15, -0.1) is 10.2 Å². The Kier molecular flexibility index (Phi) is 2.62. The molecule has 1 aliphatic carbocycles. The highest BCUT2D eigenvalue weighted by Gasteiger charge is 2.49. The maximum absolute atomic E-state index is 12.1. The van der Waals surface area contributed by atoms with Crippen LogP contribution in [0.1, 0.15) is 43.9 Å². The van der Waals surface area contributed by atoms with Crippen molar-refractivity contribution in [3.8, 4) is 0 Å². The minimum absolute atomic E-state index is 0.0628. The summed E-state index contributed by atoms with van der Waals surface area (Å²) in [5.41, 5.74) is 5.36. The molecule has 0 bridgehead atoms. The summed E-state index contributed by atoms with van der Waals surface area (Å²) in [4.78, 5) is 12.1. The average molecular weight is 249 g/mol. The smallest absolute Gasteiger partial charge is 0.228 e. The number of amides is 1. The van der Waals surface area contributed by atoms with Crippen LogP contribution in [0.2, 0.25) is 0 Å². The first-order chi connectivity index (χ1) is 8.66. The van der Waals surface area contributed by atoms with Crippen molar-refractivity contribution in [3.63, 3.8) is 0 Å². The van der Waals surface area contributed by atoms with Crippen LogP contribution in [0, 0.1) is 5.41 Å². The van der Waals surface area contributed by atoms with Crippen LogP contribution in [0.15, 0.2) is 0 Å². The van der Waals surface area contributed by atoms with Crippen molar-refractivity contribution in [2.45, 2.75) is 45.2 Å². The zero-order valence-electron chi connectivity index (χ0n) is 10.6. The number of hydrogen-bond donors (Lipinski definition) is 2. The Balaban J connectivity index is 1.71. The molecule has 0 aromatic carbocycles. The van der Waals surface area contributed by atoms with Crippen molar-refractivity contribution >= 4 is 5.91 Å². The quantitative estimate of drug-likeness (QED) is 0.794. The fourth-order valence-corrected chi connectivity index (χ4v) is 2.58. The van der Waals surface area contributed by atoms with Gasteiger partial charge in [-0.3, -0.25) is 4.79 Å². The molecular weight excluding hydrogens is 230 g/mol. The van der Waals surface area contributed by atoms with E-state index in [1.54, 1.807) is 0 Å². The van der Waals surface area contributed by atoms with Crippen molar-refractivity contribution in [2.75, 3.05) is 6.54 Å². The Bertz CT molecular complexity index is 477. The molecule has 1 unspecified atom stereocenters. The first-order valence-electron chi connectivity index (χ1n) is 6.59. The molecule has 1 aromatic heterocycles. The number of aromatic nitrogens is 3. The lowest BCUT2D eigenvalue weighted by Gasteiger charge is -2.18. The van der Waals surface area contributed by atoms with Gasteiger partial charge in [0.05, 0.1) is 11.5 Å². The summed E-state index contributed by atoms with van der Waals surface area (Å²) >= 11 is 0. The number of carbonyl (C=O) groups is 1. The molecule has 6 nitrogen and oxygen atoms in total. The second-order valence-electron chi connectivity index (χ2n) is 5.41. The van der Waals surface area contributed by atoms with E-state index in [0.717, 1.165) is 43.9 Å². The molecule has 1 aromatic rings. The van der Waals surface area contributed by atoms with Gasteiger partial charge < -0.3 is 15.6 Å². The van der Waals surface area contributed by atoms with Gasteiger partial charge >= 0.3 is 0 Å². The minimum Gasteiger partial charge on any atom is -0.346 e. The third-order valence-electron chi connectivity index (χ3n) is 4.10. The molecule has 1 fully saturated rings. The van der Waals surface area contributed by atoms with Crippen molar-refractivity contribution in [3.05, 3.63) is 11.6 Å². The van der Waals surface area contributed by atoms with Gasteiger partial charge in [0.25, 0.3) is 0 Å². The molecule has 2 heterocycles. The topological polar surface area (TPSA) is 85.8 Å². The van der Waals surface area contributed by atoms with Gasteiger partial charge in [-0.05, 0) is 26.2 Å². The van der Waals surface area contributed by atoms with E-state index in [1.165, 1.54) is 0 Å². The Morgan fingerprint density at radius 2 is 2.33 bits per heavy atom. The van der Waals surface area contributed by atoms with Crippen molar-refractivity contribution < 1.29 is 4.79 Å². The summed E-state index contributed by atoms with van der Waals surface area (Å²) in [6.45, 7) is 3.35. The lowest BCUT2D eigenvalue weighted by Crippen LogP contribution is -2.38. The molecule has 6 heteroatoms. The van der Waals surface area contributed by atoms with Crippen LogP contribution in [-0.4, -0.2) is 27.2 Å². The van der Waals surface area contributed by atoms with Gasteiger partial charge in [-0.2, -0.15) is 0 Å². The van der Waals surface area contributed by atoms with Gasteiger partial charge in [0.1, 0.15) is 5.82 Å². The summed E-state index contributed by atoms with van der Waals surface area (Å²) in [6, 6.07) is -0.0964. The normalized spacial score (nSPS) is 21.4. The van der Waals surface area contributed by atoms with Crippen molar-refractivity contribution in [2.24, 2.45) is 11.1 Å². The lowest BCUT2D eigenvalue weighted by molar-refractivity contribution is -0.126. The van der Waals surface area contributed by atoms with Gasteiger partial charge in [0, 0.05) is 19.5 Å². The molecule has 98 valence electrons. The Morgan fingerprint density at radius 1 is 1.56 bits per heavy atom. The SMILES string of the molecule is CC(NC(=O)C1(CN)CC1)c1nnc2n1CCC2. The van der Waals surface area contributed by atoms with E-state index in [1.807, 2.05) is 6.92 Å². The summed E-state index contributed by atoms with van der Waals surface area (Å²) in [5, 5.41) is 11.4. The highest BCUT2D eigenvalue weighted by Crippen LogP contribution is 2.45.